The molecule has 0 spiro atoms. The standard InChI is InChI=1S/C18H19ClN2O3/c1-13(22)20-17-9-5-8-16(19)15(17)11-21(12-18(23)24)10-14-6-3-2-4-7-14/h2-9H,10-12H2,1H3,(H,20,22)(H,23,24). The molecule has 1 amide bonds. The molecule has 2 aromatic carbocycles. The van der Waals surface area contributed by atoms with Gasteiger partial charge in [-0.2, -0.15) is 0 Å². The monoisotopic (exact) mass is 346 g/mol. The fourth-order valence-electron chi connectivity index (χ4n) is 2.45. The van der Waals surface area contributed by atoms with Crippen molar-refractivity contribution in [2.24, 2.45) is 0 Å². The number of carbonyl (C=O) groups is 2. The van der Waals surface area contributed by atoms with Gasteiger partial charge in [0.2, 0.25) is 5.91 Å². The van der Waals surface area contributed by atoms with Crippen LogP contribution in [0.1, 0.15) is 18.1 Å². The molecule has 0 aliphatic heterocycles. The Morgan fingerprint density at radius 3 is 2.42 bits per heavy atom. The fourth-order valence-corrected chi connectivity index (χ4v) is 2.68. The number of carboxylic acids is 1. The first-order valence-electron chi connectivity index (χ1n) is 7.48. The number of amides is 1. The van der Waals surface area contributed by atoms with Crippen LogP contribution in [-0.4, -0.2) is 28.4 Å². The molecular weight excluding hydrogens is 328 g/mol. The zero-order valence-corrected chi connectivity index (χ0v) is 14.1. The first kappa shape index (κ1) is 18.0. The minimum Gasteiger partial charge on any atom is -0.480 e. The smallest absolute Gasteiger partial charge is 0.317 e. The molecule has 6 heteroatoms. The average Bonchev–Trinajstić information content (AvgIpc) is 2.50. The molecule has 0 heterocycles. The van der Waals surface area contributed by atoms with Crippen molar-refractivity contribution >= 4 is 29.2 Å². The maximum absolute atomic E-state index is 11.4. The van der Waals surface area contributed by atoms with E-state index in [9.17, 15) is 14.7 Å². The number of rotatable bonds is 7. The molecule has 0 aromatic heterocycles. The van der Waals surface area contributed by atoms with Crippen molar-refractivity contribution in [1.82, 2.24) is 4.90 Å². The Hall–Kier alpha value is -2.37. The zero-order chi connectivity index (χ0) is 17.5. The second-order valence-corrected chi connectivity index (χ2v) is 5.88. The predicted molar refractivity (Wildman–Crippen MR) is 93.9 cm³/mol. The number of hydrogen-bond acceptors (Lipinski definition) is 3. The van der Waals surface area contributed by atoms with E-state index in [1.807, 2.05) is 30.3 Å². The summed E-state index contributed by atoms with van der Waals surface area (Å²) in [5.74, 6) is -1.12. The Morgan fingerprint density at radius 1 is 1.08 bits per heavy atom. The minimum atomic E-state index is -0.918. The predicted octanol–water partition coefficient (Wildman–Crippen LogP) is 3.39. The Kier molecular flexibility index (Phi) is 6.35. The number of halogens is 1. The lowest BCUT2D eigenvalue weighted by molar-refractivity contribution is -0.138. The van der Waals surface area contributed by atoms with E-state index >= 15 is 0 Å². The lowest BCUT2D eigenvalue weighted by Gasteiger charge is -2.23. The number of aliphatic carboxylic acids is 1. The highest BCUT2D eigenvalue weighted by molar-refractivity contribution is 6.31. The van der Waals surface area contributed by atoms with Gasteiger partial charge in [0.25, 0.3) is 0 Å². The molecule has 2 N–H and O–H groups in total. The van der Waals surface area contributed by atoms with Crippen molar-refractivity contribution in [3.63, 3.8) is 0 Å². The Bertz CT molecular complexity index is 719. The van der Waals surface area contributed by atoms with Crippen LogP contribution >= 0.6 is 11.6 Å². The van der Waals surface area contributed by atoms with Gasteiger partial charge < -0.3 is 10.4 Å². The molecule has 2 aromatic rings. The summed E-state index contributed by atoms with van der Waals surface area (Å²) in [4.78, 5) is 24.3. The van der Waals surface area contributed by atoms with Crippen LogP contribution in [0.3, 0.4) is 0 Å². The summed E-state index contributed by atoms with van der Waals surface area (Å²) in [6.45, 7) is 2.08. The number of carboxylic acid groups (broad SMARTS) is 1. The van der Waals surface area contributed by atoms with E-state index in [1.54, 1.807) is 23.1 Å². The number of hydrogen-bond donors (Lipinski definition) is 2. The summed E-state index contributed by atoms with van der Waals surface area (Å²) in [5, 5.41) is 12.4. The minimum absolute atomic E-state index is 0.125. The van der Waals surface area contributed by atoms with Gasteiger partial charge in [0.1, 0.15) is 0 Å². The third kappa shape index (κ3) is 5.37. The Balaban J connectivity index is 2.25. The zero-order valence-electron chi connectivity index (χ0n) is 13.3. The number of anilines is 1. The van der Waals surface area contributed by atoms with Crippen molar-refractivity contribution in [1.29, 1.82) is 0 Å². The van der Waals surface area contributed by atoms with Crippen LogP contribution in [-0.2, 0) is 22.7 Å². The number of carbonyl (C=O) groups excluding carboxylic acids is 1. The van der Waals surface area contributed by atoms with Gasteiger partial charge in [-0.25, -0.2) is 0 Å². The quantitative estimate of drug-likeness (QED) is 0.806. The molecule has 5 nitrogen and oxygen atoms in total. The molecule has 2 rings (SSSR count). The molecule has 0 fully saturated rings. The molecule has 0 aliphatic rings. The van der Waals surface area contributed by atoms with Gasteiger partial charge in [0, 0.05) is 36.3 Å². The maximum atomic E-state index is 11.4. The van der Waals surface area contributed by atoms with Gasteiger partial charge in [0.05, 0.1) is 6.54 Å². The Morgan fingerprint density at radius 2 is 1.79 bits per heavy atom. The molecule has 0 saturated carbocycles. The van der Waals surface area contributed by atoms with E-state index in [0.29, 0.717) is 29.4 Å². The largest absolute Gasteiger partial charge is 0.480 e. The van der Waals surface area contributed by atoms with Gasteiger partial charge in [-0.1, -0.05) is 48.0 Å². The molecule has 24 heavy (non-hydrogen) atoms. The van der Waals surface area contributed by atoms with Crippen molar-refractivity contribution in [2.75, 3.05) is 11.9 Å². The highest BCUT2D eigenvalue weighted by atomic mass is 35.5. The number of benzene rings is 2. The third-order valence-electron chi connectivity index (χ3n) is 3.42. The van der Waals surface area contributed by atoms with Crippen LogP contribution in [0.15, 0.2) is 48.5 Å². The summed E-state index contributed by atoms with van der Waals surface area (Å²) >= 11 is 6.27. The first-order valence-corrected chi connectivity index (χ1v) is 7.86. The van der Waals surface area contributed by atoms with E-state index in [1.165, 1.54) is 6.92 Å². The van der Waals surface area contributed by atoms with Crippen LogP contribution < -0.4 is 5.32 Å². The van der Waals surface area contributed by atoms with Gasteiger partial charge >= 0.3 is 5.97 Å². The summed E-state index contributed by atoms with van der Waals surface area (Å²) in [5.41, 5.74) is 2.30. The molecule has 0 radical (unpaired) electrons. The van der Waals surface area contributed by atoms with E-state index in [4.69, 9.17) is 11.6 Å². The maximum Gasteiger partial charge on any atom is 0.317 e. The lowest BCUT2D eigenvalue weighted by atomic mass is 10.1. The van der Waals surface area contributed by atoms with E-state index in [2.05, 4.69) is 5.32 Å². The van der Waals surface area contributed by atoms with Crippen LogP contribution in [0, 0.1) is 0 Å². The van der Waals surface area contributed by atoms with Crippen molar-refractivity contribution in [2.45, 2.75) is 20.0 Å². The summed E-state index contributed by atoms with van der Waals surface area (Å²) < 4.78 is 0. The van der Waals surface area contributed by atoms with Crippen molar-refractivity contribution in [3.8, 4) is 0 Å². The number of nitrogens with one attached hydrogen (secondary N) is 1. The molecule has 0 atom stereocenters. The number of nitrogens with zero attached hydrogens (tertiary/aromatic N) is 1. The highest BCUT2D eigenvalue weighted by Gasteiger charge is 2.16. The Labute approximate surface area is 145 Å². The van der Waals surface area contributed by atoms with Gasteiger partial charge in [0.15, 0.2) is 0 Å². The second-order valence-electron chi connectivity index (χ2n) is 5.47. The SMILES string of the molecule is CC(=O)Nc1cccc(Cl)c1CN(CC(=O)O)Cc1ccccc1. The molecule has 0 bridgehead atoms. The van der Waals surface area contributed by atoms with Crippen LogP contribution in [0.4, 0.5) is 5.69 Å². The summed E-state index contributed by atoms with van der Waals surface area (Å²) in [7, 11) is 0. The van der Waals surface area contributed by atoms with E-state index < -0.39 is 5.97 Å². The van der Waals surface area contributed by atoms with Gasteiger partial charge in [-0.05, 0) is 17.7 Å². The molecule has 0 saturated heterocycles. The molecule has 126 valence electrons. The highest BCUT2D eigenvalue weighted by Crippen LogP contribution is 2.26. The average molecular weight is 347 g/mol. The summed E-state index contributed by atoms with van der Waals surface area (Å²) in [6, 6.07) is 14.8. The van der Waals surface area contributed by atoms with Crippen LogP contribution in [0.5, 0.6) is 0 Å². The fraction of sp³-hybridized carbons (Fsp3) is 0.222. The third-order valence-corrected chi connectivity index (χ3v) is 3.77. The molecule has 0 aliphatic carbocycles. The van der Waals surface area contributed by atoms with Crippen molar-refractivity contribution in [3.05, 3.63) is 64.7 Å². The molecular formula is C18H19ClN2O3. The van der Waals surface area contributed by atoms with Crippen LogP contribution in [0.2, 0.25) is 5.02 Å². The van der Waals surface area contributed by atoms with E-state index in [0.717, 1.165) is 5.56 Å². The first-order chi connectivity index (χ1) is 11.5. The van der Waals surface area contributed by atoms with Crippen LogP contribution in [0.25, 0.3) is 0 Å². The van der Waals surface area contributed by atoms with Gasteiger partial charge in [-0.3, -0.25) is 14.5 Å². The van der Waals surface area contributed by atoms with Crippen molar-refractivity contribution < 1.29 is 14.7 Å². The summed E-state index contributed by atoms with van der Waals surface area (Å²) in [6.07, 6.45) is 0. The van der Waals surface area contributed by atoms with E-state index in [-0.39, 0.29) is 12.5 Å². The second kappa shape index (κ2) is 8.47. The topological polar surface area (TPSA) is 69.6 Å². The molecule has 0 unspecified atom stereocenters. The normalized spacial score (nSPS) is 10.6. The lowest BCUT2D eigenvalue weighted by Crippen LogP contribution is -2.29. The van der Waals surface area contributed by atoms with Gasteiger partial charge in [-0.15, -0.1) is 0 Å².